The van der Waals surface area contributed by atoms with Gasteiger partial charge in [0.1, 0.15) is 12.4 Å². The molecule has 6 rings (SSSR count). The molecule has 0 bridgehead atoms. The van der Waals surface area contributed by atoms with Crippen LogP contribution in [0.25, 0.3) is 22.9 Å². The fourth-order valence-electron chi connectivity index (χ4n) is 4.76. The van der Waals surface area contributed by atoms with Crippen LogP contribution in [0.15, 0.2) is 88.6 Å². The van der Waals surface area contributed by atoms with E-state index in [4.69, 9.17) is 4.74 Å². The summed E-state index contributed by atoms with van der Waals surface area (Å²) in [4.78, 5) is 30.2. The Morgan fingerprint density at radius 3 is 2.57 bits per heavy atom. The molecule has 2 aliphatic heterocycles. The summed E-state index contributed by atoms with van der Waals surface area (Å²) in [5, 5.41) is 1.47. The molecule has 1 saturated heterocycles. The number of aromatic nitrogens is 1. The number of carbonyl (C=O) groups is 2. The number of hydrogen-bond acceptors (Lipinski definition) is 3. The summed E-state index contributed by atoms with van der Waals surface area (Å²) in [5.74, 6) is -0.657. The zero-order valence-electron chi connectivity index (χ0n) is 19.6. The van der Waals surface area contributed by atoms with Gasteiger partial charge in [0.15, 0.2) is 6.23 Å². The summed E-state index contributed by atoms with van der Waals surface area (Å²) >= 11 is 3.47. The molecule has 2 amide bonds. The van der Waals surface area contributed by atoms with Gasteiger partial charge in [-0.1, -0.05) is 34.1 Å². The number of benzene rings is 3. The van der Waals surface area contributed by atoms with E-state index in [9.17, 15) is 14.0 Å². The van der Waals surface area contributed by atoms with Crippen LogP contribution in [0.3, 0.4) is 0 Å². The van der Waals surface area contributed by atoms with Crippen LogP contribution in [0.5, 0.6) is 0 Å². The van der Waals surface area contributed by atoms with Crippen LogP contribution in [0.2, 0.25) is 0 Å². The minimum absolute atomic E-state index is 0.0116. The van der Waals surface area contributed by atoms with Gasteiger partial charge in [0, 0.05) is 51.5 Å². The minimum atomic E-state index is -0.582. The molecule has 0 N–H and O–H groups in total. The van der Waals surface area contributed by atoms with E-state index >= 15 is 0 Å². The van der Waals surface area contributed by atoms with E-state index < -0.39 is 6.23 Å². The molecule has 184 valence electrons. The van der Waals surface area contributed by atoms with Gasteiger partial charge in [-0.3, -0.25) is 9.59 Å². The predicted molar refractivity (Wildman–Crippen MR) is 140 cm³/mol. The first-order valence-electron chi connectivity index (χ1n) is 11.8. The number of rotatable bonds is 6. The molecule has 1 atom stereocenters. The average Bonchev–Trinajstić information content (AvgIpc) is 3.59. The summed E-state index contributed by atoms with van der Waals surface area (Å²) in [6.45, 7) is 0.433. The van der Waals surface area contributed by atoms with Crippen molar-refractivity contribution >= 4 is 33.8 Å². The molecule has 3 heterocycles. The number of hydrogen-bond donors (Lipinski definition) is 0. The van der Waals surface area contributed by atoms with Gasteiger partial charge in [0.25, 0.3) is 11.8 Å². The third kappa shape index (κ3) is 4.65. The third-order valence-corrected chi connectivity index (χ3v) is 7.14. The van der Waals surface area contributed by atoms with Gasteiger partial charge in [-0.2, -0.15) is 0 Å². The van der Waals surface area contributed by atoms with Crippen LogP contribution in [0.4, 0.5) is 4.39 Å². The van der Waals surface area contributed by atoms with E-state index in [1.54, 1.807) is 17.0 Å². The fourth-order valence-corrected chi connectivity index (χ4v) is 5.03. The highest BCUT2D eigenvalue weighted by Gasteiger charge is 2.35. The van der Waals surface area contributed by atoms with Crippen molar-refractivity contribution < 1.29 is 18.7 Å². The van der Waals surface area contributed by atoms with E-state index in [1.165, 1.54) is 18.2 Å². The summed E-state index contributed by atoms with van der Waals surface area (Å²) in [6.07, 6.45) is 5.48. The van der Waals surface area contributed by atoms with Gasteiger partial charge in [0.2, 0.25) is 0 Å². The van der Waals surface area contributed by atoms with Crippen molar-refractivity contribution in [3.05, 3.63) is 111 Å². The quantitative estimate of drug-likeness (QED) is 0.359. The monoisotopic (exact) mass is 557 g/mol. The zero-order chi connectivity index (χ0) is 25.5. The second-order valence-corrected chi connectivity index (χ2v) is 9.92. The van der Waals surface area contributed by atoms with Crippen molar-refractivity contribution in [3.63, 3.8) is 0 Å². The lowest BCUT2D eigenvalue weighted by molar-refractivity contribution is -0.128. The maximum Gasteiger partial charge on any atom is 0.270 e. The molecule has 37 heavy (non-hydrogen) atoms. The first kappa shape index (κ1) is 23.5. The SMILES string of the molecule is O=C1C=c2cc(CCN3C(=O)CO[C@@H]3c3cn(-c4ccc(Br)cc4)cc3-c3ccc(F)cc3)ccc2=N1. The lowest BCUT2D eigenvalue weighted by Crippen LogP contribution is -2.31. The van der Waals surface area contributed by atoms with E-state index in [-0.39, 0.29) is 24.2 Å². The van der Waals surface area contributed by atoms with Crippen molar-refractivity contribution in [3.8, 4) is 16.8 Å². The highest BCUT2D eigenvalue weighted by molar-refractivity contribution is 9.10. The summed E-state index contributed by atoms with van der Waals surface area (Å²) in [6, 6.07) is 19.9. The molecule has 1 aromatic heterocycles. The number of fused-ring (bicyclic) bond motifs is 1. The van der Waals surface area contributed by atoms with Crippen LogP contribution in [0.1, 0.15) is 17.4 Å². The molecule has 4 aromatic rings. The number of halogens is 2. The van der Waals surface area contributed by atoms with Crippen molar-refractivity contribution in [1.29, 1.82) is 0 Å². The van der Waals surface area contributed by atoms with Crippen LogP contribution < -0.4 is 10.6 Å². The van der Waals surface area contributed by atoms with Crippen LogP contribution in [-0.2, 0) is 20.7 Å². The smallest absolute Gasteiger partial charge is 0.270 e. The van der Waals surface area contributed by atoms with Crippen LogP contribution in [-0.4, -0.2) is 34.4 Å². The first-order valence-corrected chi connectivity index (χ1v) is 12.6. The summed E-state index contributed by atoms with van der Waals surface area (Å²) < 4.78 is 22.6. The Balaban J connectivity index is 1.34. The summed E-state index contributed by atoms with van der Waals surface area (Å²) in [5.41, 5.74) is 4.47. The lowest BCUT2D eigenvalue weighted by atomic mass is 10.0. The van der Waals surface area contributed by atoms with Crippen LogP contribution in [0, 0.1) is 5.82 Å². The molecule has 2 aliphatic rings. The van der Waals surface area contributed by atoms with Crippen molar-refractivity contribution in [1.82, 2.24) is 9.47 Å². The average molecular weight is 558 g/mol. The Morgan fingerprint density at radius 1 is 1.00 bits per heavy atom. The van der Waals surface area contributed by atoms with Crippen molar-refractivity contribution in [2.24, 2.45) is 4.99 Å². The summed E-state index contributed by atoms with van der Waals surface area (Å²) in [7, 11) is 0. The zero-order valence-corrected chi connectivity index (χ0v) is 21.2. The normalized spacial score (nSPS) is 16.6. The van der Waals surface area contributed by atoms with Gasteiger partial charge < -0.3 is 14.2 Å². The molecular formula is C29H21BrFN3O3. The molecule has 8 heteroatoms. The van der Waals surface area contributed by atoms with Crippen molar-refractivity contribution in [2.45, 2.75) is 12.6 Å². The maximum atomic E-state index is 13.7. The fraction of sp³-hybridized carbons (Fsp3) is 0.138. The van der Waals surface area contributed by atoms with Gasteiger partial charge >= 0.3 is 0 Å². The van der Waals surface area contributed by atoms with Crippen molar-refractivity contribution in [2.75, 3.05) is 13.2 Å². The molecule has 0 aliphatic carbocycles. The number of nitrogens with zero attached hydrogens (tertiary/aromatic N) is 3. The Morgan fingerprint density at radius 2 is 1.78 bits per heavy atom. The maximum absolute atomic E-state index is 13.7. The van der Waals surface area contributed by atoms with Gasteiger partial charge in [-0.05, 0) is 66.1 Å². The Kier molecular flexibility index (Phi) is 6.06. The molecule has 0 saturated carbocycles. The Labute approximate surface area is 220 Å². The molecule has 0 spiro atoms. The highest BCUT2D eigenvalue weighted by atomic mass is 79.9. The second kappa shape index (κ2) is 9.53. The molecule has 6 nitrogen and oxygen atoms in total. The number of carbonyl (C=O) groups excluding carboxylic acids is 2. The molecular weight excluding hydrogens is 537 g/mol. The third-order valence-electron chi connectivity index (χ3n) is 6.61. The minimum Gasteiger partial charge on any atom is -0.344 e. The highest BCUT2D eigenvalue weighted by Crippen LogP contribution is 2.37. The Hall–Kier alpha value is -3.88. The van der Waals surface area contributed by atoms with E-state index in [2.05, 4.69) is 20.9 Å². The van der Waals surface area contributed by atoms with Gasteiger partial charge in [-0.15, -0.1) is 0 Å². The number of amides is 2. The number of ether oxygens (including phenoxy) is 1. The Bertz CT molecular complexity index is 1650. The standard InChI is InChI=1S/C29H21BrFN3O3/c30-21-4-8-23(9-5-21)33-15-24(19-2-6-22(31)7-3-19)25(16-33)29-34(28(36)17-37-29)12-11-18-1-10-26-20(13-18)14-27(35)32-26/h1-10,13-16,29H,11-12,17H2/t29-/m1/s1. The molecule has 0 radical (unpaired) electrons. The van der Waals surface area contributed by atoms with E-state index in [1.807, 2.05) is 59.4 Å². The van der Waals surface area contributed by atoms with E-state index in [0.717, 1.165) is 37.6 Å². The molecule has 1 fully saturated rings. The predicted octanol–water partition coefficient (Wildman–Crippen LogP) is 4.09. The second-order valence-electron chi connectivity index (χ2n) is 9.01. The van der Waals surface area contributed by atoms with Gasteiger partial charge in [0.05, 0.1) is 5.36 Å². The van der Waals surface area contributed by atoms with Crippen LogP contribution >= 0.6 is 15.9 Å². The first-order chi connectivity index (χ1) is 17.9. The lowest BCUT2D eigenvalue weighted by Gasteiger charge is -2.24. The van der Waals surface area contributed by atoms with Gasteiger partial charge in [-0.25, -0.2) is 9.38 Å². The molecule has 3 aromatic carbocycles. The topological polar surface area (TPSA) is 63.9 Å². The largest absolute Gasteiger partial charge is 0.344 e. The molecule has 0 unspecified atom stereocenters. The van der Waals surface area contributed by atoms with E-state index in [0.29, 0.717) is 18.3 Å².